The van der Waals surface area contributed by atoms with Gasteiger partial charge in [0, 0.05) is 24.7 Å². The lowest BCUT2D eigenvalue weighted by atomic mass is 10.2. The standard InChI is InChI=1S/C19H20N2O4/c22-18(9-7-15-3-1-11-24-15)20-13-17(14-5-6-14)21-19(23)10-8-16-4-2-12-25-16/h1-4,7-12,14,17H,5-6,13H2,(H,20,22)(H,21,23)/b9-7+,10-8+. The minimum Gasteiger partial charge on any atom is -0.465 e. The highest BCUT2D eigenvalue weighted by Gasteiger charge is 2.32. The number of carbonyl (C=O) groups excluding carboxylic acids is 2. The molecule has 0 radical (unpaired) electrons. The highest BCUT2D eigenvalue weighted by atomic mass is 16.3. The predicted octanol–water partition coefficient (Wildman–Crippen LogP) is 2.61. The molecule has 2 heterocycles. The van der Waals surface area contributed by atoms with Gasteiger partial charge in [-0.3, -0.25) is 9.59 Å². The van der Waals surface area contributed by atoms with Crippen molar-refractivity contribution in [2.24, 2.45) is 5.92 Å². The van der Waals surface area contributed by atoms with Gasteiger partial charge in [0.15, 0.2) is 0 Å². The molecule has 2 N–H and O–H groups in total. The SMILES string of the molecule is O=C(/C=C/c1ccco1)NCC(NC(=O)/C=C/c1ccco1)C1CC1. The van der Waals surface area contributed by atoms with E-state index in [2.05, 4.69) is 10.6 Å². The largest absolute Gasteiger partial charge is 0.465 e. The van der Waals surface area contributed by atoms with E-state index in [1.807, 2.05) is 0 Å². The summed E-state index contributed by atoms with van der Waals surface area (Å²) >= 11 is 0. The quantitative estimate of drug-likeness (QED) is 0.724. The Hall–Kier alpha value is -3.02. The summed E-state index contributed by atoms with van der Waals surface area (Å²) < 4.78 is 10.3. The normalized spacial score (nSPS) is 15.5. The molecular weight excluding hydrogens is 320 g/mol. The van der Waals surface area contributed by atoms with Crippen molar-refractivity contribution in [1.29, 1.82) is 0 Å². The average molecular weight is 340 g/mol. The molecule has 0 spiro atoms. The van der Waals surface area contributed by atoms with Gasteiger partial charge in [-0.1, -0.05) is 0 Å². The van der Waals surface area contributed by atoms with Crippen LogP contribution in [0.25, 0.3) is 12.2 Å². The van der Waals surface area contributed by atoms with Gasteiger partial charge in [0.25, 0.3) is 0 Å². The fourth-order valence-electron chi connectivity index (χ4n) is 2.42. The maximum atomic E-state index is 12.0. The minimum atomic E-state index is -0.220. The third kappa shape index (κ3) is 5.53. The highest BCUT2D eigenvalue weighted by molar-refractivity contribution is 5.92. The molecule has 6 nitrogen and oxygen atoms in total. The Morgan fingerprint density at radius 2 is 1.64 bits per heavy atom. The van der Waals surface area contributed by atoms with Gasteiger partial charge in [0.1, 0.15) is 11.5 Å². The summed E-state index contributed by atoms with van der Waals surface area (Å²) in [6, 6.07) is 6.98. The molecule has 0 bridgehead atoms. The number of nitrogens with one attached hydrogen (secondary N) is 2. The molecule has 1 aliphatic carbocycles. The van der Waals surface area contributed by atoms with Crippen LogP contribution in [0.5, 0.6) is 0 Å². The monoisotopic (exact) mass is 340 g/mol. The molecule has 6 heteroatoms. The van der Waals surface area contributed by atoms with Crippen molar-refractivity contribution in [3.05, 3.63) is 60.5 Å². The molecule has 130 valence electrons. The van der Waals surface area contributed by atoms with Gasteiger partial charge in [-0.15, -0.1) is 0 Å². The van der Waals surface area contributed by atoms with Gasteiger partial charge in [-0.2, -0.15) is 0 Å². The number of hydrogen-bond donors (Lipinski definition) is 2. The minimum absolute atomic E-state index is 0.0743. The van der Waals surface area contributed by atoms with Crippen LogP contribution in [0.15, 0.2) is 57.8 Å². The first-order valence-electron chi connectivity index (χ1n) is 8.22. The third-order valence-corrected chi connectivity index (χ3v) is 3.90. The van der Waals surface area contributed by atoms with Gasteiger partial charge in [-0.25, -0.2) is 0 Å². The highest BCUT2D eigenvalue weighted by Crippen LogP contribution is 2.32. The fraction of sp³-hybridized carbons (Fsp3) is 0.263. The number of furan rings is 2. The van der Waals surface area contributed by atoms with E-state index in [1.54, 1.807) is 48.9 Å². The number of carbonyl (C=O) groups is 2. The summed E-state index contributed by atoms with van der Waals surface area (Å²) in [7, 11) is 0. The van der Waals surface area contributed by atoms with Crippen molar-refractivity contribution < 1.29 is 18.4 Å². The molecule has 1 aliphatic rings. The molecule has 2 aromatic rings. The zero-order valence-electron chi connectivity index (χ0n) is 13.7. The van der Waals surface area contributed by atoms with Crippen LogP contribution in [0.3, 0.4) is 0 Å². The molecule has 1 fully saturated rings. The second kappa shape index (κ2) is 8.19. The van der Waals surface area contributed by atoms with Crippen LogP contribution in [-0.2, 0) is 9.59 Å². The average Bonchev–Trinajstić information content (AvgIpc) is 3.10. The predicted molar refractivity (Wildman–Crippen MR) is 93.1 cm³/mol. The first kappa shape index (κ1) is 16.8. The van der Waals surface area contributed by atoms with E-state index in [0.29, 0.717) is 24.0 Å². The summed E-state index contributed by atoms with van der Waals surface area (Å²) in [4.78, 5) is 23.9. The van der Waals surface area contributed by atoms with Crippen LogP contribution in [-0.4, -0.2) is 24.4 Å². The first-order valence-corrected chi connectivity index (χ1v) is 8.22. The zero-order valence-corrected chi connectivity index (χ0v) is 13.7. The first-order chi connectivity index (χ1) is 12.2. The summed E-state index contributed by atoms with van der Waals surface area (Å²) in [6.07, 6.45) is 11.3. The number of rotatable bonds is 8. The van der Waals surface area contributed by atoms with Crippen LogP contribution >= 0.6 is 0 Å². The van der Waals surface area contributed by atoms with E-state index < -0.39 is 0 Å². The molecule has 1 saturated carbocycles. The van der Waals surface area contributed by atoms with Crippen LogP contribution < -0.4 is 10.6 Å². The van der Waals surface area contributed by atoms with Gasteiger partial charge in [0.2, 0.25) is 11.8 Å². The summed E-state index contributed by atoms with van der Waals surface area (Å²) in [5.41, 5.74) is 0. The Labute approximate surface area is 145 Å². The Kier molecular flexibility index (Phi) is 5.51. The number of hydrogen-bond acceptors (Lipinski definition) is 4. The van der Waals surface area contributed by atoms with Crippen LogP contribution in [0, 0.1) is 5.92 Å². The van der Waals surface area contributed by atoms with Crippen molar-refractivity contribution in [1.82, 2.24) is 10.6 Å². The van der Waals surface area contributed by atoms with E-state index in [0.717, 1.165) is 12.8 Å². The van der Waals surface area contributed by atoms with Gasteiger partial charge in [0.05, 0.1) is 12.5 Å². The Morgan fingerprint density at radius 3 is 2.16 bits per heavy atom. The molecular formula is C19H20N2O4. The molecule has 1 unspecified atom stereocenters. The number of amides is 2. The smallest absolute Gasteiger partial charge is 0.244 e. The third-order valence-electron chi connectivity index (χ3n) is 3.90. The zero-order chi connectivity index (χ0) is 17.5. The lowest BCUT2D eigenvalue weighted by molar-refractivity contribution is -0.119. The van der Waals surface area contributed by atoms with E-state index >= 15 is 0 Å². The van der Waals surface area contributed by atoms with Crippen LogP contribution in [0.1, 0.15) is 24.4 Å². The molecule has 25 heavy (non-hydrogen) atoms. The topological polar surface area (TPSA) is 84.5 Å². The summed E-state index contributed by atoms with van der Waals surface area (Å²) in [5.74, 6) is 1.23. The molecule has 0 aliphatic heterocycles. The fourth-order valence-corrected chi connectivity index (χ4v) is 2.42. The second-order valence-corrected chi connectivity index (χ2v) is 5.90. The van der Waals surface area contributed by atoms with Crippen molar-refractivity contribution >= 4 is 24.0 Å². The molecule has 2 aromatic heterocycles. The van der Waals surface area contributed by atoms with Crippen LogP contribution in [0.2, 0.25) is 0 Å². The van der Waals surface area contributed by atoms with Crippen molar-refractivity contribution in [2.45, 2.75) is 18.9 Å². The summed E-state index contributed by atoms with van der Waals surface area (Å²) in [5, 5.41) is 5.76. The van der Waals surface area contributed by atoms with Gasteiger partial charge < -0.3 is 19.5 Å². The van der Waals surface area contributed by atoms with E-state index in [-0.39, 0.29) is 17.9 Å². The van der Waals surface area contributed by atoms with Crippen LogP contribution in [0.4, 0.5) is 0 Å². The molecule has 0 aromatic carbocycles. The Balaban J connectivity index is 1.46. The molecule has 0 saturated heterocycles. The maximum absolute atomic E-state index is 12.0. The van der Waals surface area contributed by atoms with Crippen molar-refractivity contribution in [2.75, 3.05) is 6.54 Å². The van der Waals surface area contributed by atoms with E-state index in [9.17, 15) is 9.59 Å². The maximum Gasteiger partial charge on any atom is 0.244 e. The van der Waals surface area contributed by atoms with Gasteiger partial charge >= 0.3 is 0 Å². The lowest BCUT2D eigenvalue weighted by Gasteiger charge is -2.17. The van der Waals surface area contributed by atoms with Crippen molar-refractivity contribution in [3.63, 3.8) is 0 Å². The molecule has 1 atom stereocenters. The second-order valence-electron chi connectivity index (χ2n) is 5.90. The Bertz CT molecular complexity index is 741. The van der Waals surface area contributed by atoms with Gasteiger partial charge in [-0.05, 0) is 55.2 Å². The molecule has 2 amide bonds. The van der Waals surface area contributed by atoms with E-state index in [4.69, 9.17) is 8.83 Å². The summed E-state index contributed by atoms with van der Waals surface area (Å²) in [6.45, 7) is 0.395. The lowest BCUT2D eigenvalue weighted by Crippen LogP contribution is -2.44. The molecule has 3 rings (SSSR count). The van der Waals surface area contributed by atoms with E-state index in [1.165, 1.54) is 12.2 Å². The van der Waals surface area contributed by atoms with Crippen molar-refractivity contribution in [3.8, 4) is 0 Å². The Morgan fingerprint density at radius 1 is 1.04 bits per heavy atom.